The highest BCUT2D eigenvalue weighted by molar-refractivity contribution is 6.32. The summed E-state index contributed by atoms with van der Waals surface area (Å²) in [6.45, 7) is 2.55. The van der Waals surface area contributed by atoms with Crippen LogP contribution in [0.4, 0.5) is 4.39 Å². The topological polar surface area (TPSA) is 21.3 Å². The van der Waals surface area contributed by atoms with Crippen molar-refractivity contribution in [3.05, 3.63) is 28.5 Å². The average Bonchev–Trinajstić information content (AvgIpc) is 3.00. The van der Waals surface area contributed by atoms with E-state index in [0.717, 1.165) is 25.1 Å². The summed E-state index contributed by atoms with van der Waals surface area (Å²) in [5, 5.41) is 3.69. The molecule has 0 amide bonds. The lowest BCUT2D eigenvalue weighted by molar-refractivity contribution is 0.295. The van der Waals surface area contributed by atoms with Crippen LogP contribution in [0.1, 0.15) is 30.7 Å². The number of hydrogen-bond donors (Lipinski definition) is 1. The number of ether oxygens (including phenoxy) is 1. The fourth-order valence-corrected chi connectivity index (χ4v) is 2.71. The Morgan fingerprint density at radius 3 is 2.83 bits per heavy atom. The van der Waals surface area contributed by atoms with Crippen LogP contribution in [0.3, 0.4) is 0 Å². The lowest BCUT2D eigenvalue weighted by Crippen LogP contribution is -2.10. The van der Waals surface area contributed by atoms with E-state index in [1.54, 1.807) is 6.07 Å². The minimum absolute atomic E-state index is 0.277. The molecular formula is C14H17ClFNO. The Morgan fingerprint density at radius 1 is 1.33 bits per heavy atom. The number of hydrogen-bond acceptors (Lipinski definition) is 2. The Bertz CT molecular complexity index is 442. The van der Waals surface area contributed by atoms with Crippen molar-refractivity contribution in [1.29, 1.82) is 0 Å². The van der Waals surface area contributed by atoms with E-state index in [1.807, 2.05) is 0 Å². The summed E-state index contributed by atoms with van der Waals surface area (Å²) in [5.74, 6) is 1.40. The van der Waals surface area contributed by atoms with E-state index in [9.17, 15) is 4.39 Å². The number of benzene rings is 1. The van der Waals surface area contributed by atoms with Crippen molar-refractivity contribution in [2.45, 2.75) is 25.2 Å². The van der Waals surface area contributed by atoms with Crippen molar-refractivity contribution in [1.82, 2.24) is 5.32 Å². The molecule has 0 radical (unpaired) electrons. The maximum Gasteiger partial charge on any atom is 0.141 e. The molecule has 1 N–H and O–H groups in total. The van der Waals surface area contributed by atoms with E-state index in [4.69, 9.17) is 16.3 Å². The first-order chi connectivity index (χ1) is 8.74. The summed E-state index contributed by atoms with van der Waals surface area (Å²) in [7, 11) is 0. The molecule has 1 saturated carbocycles. The predicted octanol–water partition coefficient (Wildman–Crippen LogP) is 3.34. The van der Waals surface area contributed by atoms with Gasteiger partial charge in [-0.25, -0.2) is 4.39 Å². The SMILES string of the molecule is Fc1cc(Cl)c(OCC2CC2)c(C2CCNC2)c1. The highest BCUT2D eigenvalue weighted by Crippen LogP contribution is 2.39. The van der Waals surface area contributed by atoms with Gasteiger partial charge in [-0.05, 0) is 43.9 Å². The van der Waals surface area contributed by atoms with Crippen LogP contribution in [0.15, 0.2) is 12.1 Å². The van der Waals surface area contributed by atoms with Crippen LogP contribution in [0.25, 0.3) is 0 Å². The Labute approximate surface area is 111 Å². The molecule has 2 aliphatic rings. The van der Waals surface area contributed by atoms with Gasteiger partial charge in [0.1, 0.15) is 11.6 Å². The van der Waals surface area contributed by atoms with Crippen molar-refractivity contribution >= 4 is 11.6 Å². The monoisotopic (exact) mass is 269 g/mol. The third-order valence-electron chi connectivity index (χ3n) is 3.70. The summed E-state index contributed by atoms with van der Waals surface area (Å²) >= 11 is 6.13. The van der Waals surface area contributed by atoms with Crippen LogP contribution in [-0.2, 0) is 0 Å². The highest BCUT2D eigenvalue weighted by atomic mass is 35.5. The summed E-state index contributed by atoms with van der Waals surface area (Å²) in [4.78, 5) is 0. The number of nitrogens with one attached hydrogen (secondary N) is 1. The van der Waals surface area contributed by atoms with E-state index >= 15 is 0 Å². The second-order valence-electron chi connectivity index (χ2n) is 5.25. The second kappa shape index (κ2) is 5.06. The molecule has 3 rings (SSSR count). The van der Waals surface area contributed by atoms with E-state index < -0.39 is 0 Å². The maximum atomic E-state index is 13.5. The normalized spacial score (nSPS) is 23.3. The van der Waals surface area contributed by atoms with E-state index in [2.05, 4.69) is 5.32 Å². The summed E-state index contributed by atoms with van der Waals surface area (Å²) in [6, 6.07) is 2.92. The Hall–Kier alpha value is -0.800. The van der Waals surface area contributed by atoms with Gasteiger partial charge < -0.3 is 10.1 Å². The van der Waals surface area contributed by atoms with Gasteiger partial charge in [0.05, 0.1) is 11.6 Å². The molecule has 1 saturated heterocycles. The quantitative estimate of drug-likeness (QED) is 0.905. The first-order valence-corrected chi connectivity index (χ1v) is 6.94. The number of halogens is 2. The van der Waals surface area contributed by atoms with Crippen LogP contribution in [0.2, 0.25) is 5.02 Å². The Balaban J connectivity index is 1.86. The Kier molecular flexibility index (Phi) is 3.44. The molecule has 1 aromatic rings. The zero-order valence-electron chi connectivity index (χ0n) is 10.2. The smallest absolute Gasteiger partial charge is 0.141 e. The van der Waals surface area contributed by atoms with Crippen LogP contribution in [0.5, 0.6) is 5.75 Å². The van der Waals surface area contributed by atoms with E-state index in [-0.39, 0.29) is 5.82 Å². The maximum absolute atomic E-state index is 13.5. The largest absolute Gasteiger partial charge is 0.491 e. The highest BCUT2D eigenvalue weighted by Gasteiger charge is 2.26. The lowest BCUT2D eigenvalue weighted by Gasteiger charge is -2.17. The molecule has 2 nitrogen and oxygen atoms in total. The molecule has 1 aromatic carbocycles. The van der Waals surface area contributed by atoms with Crippen LogP contribution < -0.4 is 10.1 Å². The Morgan fingerprint density at radius 2 is 2.17 bits per heavy atom. The predicted molar refractivity (Wildman–Crippen MR) is 69.9 cm³/mol. The van der Waals surface area contributed by atoms with Gasteiger partial charge in [0, 0.05) is 18.0 Å². The molecule has 0 bridgehead atoms. The summed E-state index contributed by atoms with van der Waals surface area (Å²) < 4.78 is 19.3. The van der Waals surface area contributed by atoms with Crippen molar-refractivity contribution in [2.75, 3.05) is 19.7 Å². The molecule has 0 aromatic heterocycles. The van der Waals surface area contributed by atoms with Crippen molar-refractivity contribution in [3.8, 4) is 5.75 Å². The van der Waals surface area contributed by atoms with Crippen molar-refractivity contribution < 1.29 is 9.13 Å². The molecule has 1 aliphatic carbocycles. The molecule has 0 spiro atoms. The third kappa shape index (κ3) is 2.62. The van der Waals surface area contributed by atoms with Crippen molar-refractivity contribution in [2.24, 2.45) is 5.92 Å². The molecule has 1 heterocycles. The van der Waals surface area contributed by atoms with E-state index in [1.165, 1.54) is 18.9 Å². The van der Waals surface area contributed by atoms with Gasteiger partial charge in [0.25, 0.3) is 0 Å². The second-order valence-corrected chi connectivity index (χ2v) is 5.66. The molecule has 1 unspecified atom stereocenters. The molecule has 2 fully saturated rings. The first kappa shape index (κ1) is 12.2. The molecular weight excluding hydrogens is 253 g/mol. The summed E-state index contributed by atoms with van der Waals surface area (Å²) in [6.07, 6.45) is 3.48. The molecule has 1 aliphatic heterocycles. The van der Waals surface area contributed by atoms with Gasteiger partial charge in [-0.3, -0.25) is 0 Å². The minimum atomic E-state index is -0.277. The lowest BCUT2D eigenvalue weighted by atomic mass is 9.97. The van der Waals surface area contributed by atoms with Crippen LogP contribution in [0, 0.1) is 11.7 Å². The fourth-order valence-electron chi connectivity index (χ4n) is 2.44. The molecule has 1 atom stereocenters. The fraction of sp³-hybridized carbons (Fsp3) is 0.571. The standard InChI is InChI=1S/C14H17ClFNO/c15-13-6-11(16)5-12(10-3-4-17-7-10)14(13)18-8-9-1-2-9/h5-6,9-10,17H,1-4,7-8H2. The van der Waals surface area contributed by atoms with Gasteiger partial charge in [0.15, 0.2) is 0 Å². The zero-order chi connectivity index (χ0) is 12.5. The van der Waals surface area contributed by atoms with Crippen molar-refractivity contribution in [3.63, 3.8) is 0 Å². The number of rotatable bonds is 4. The average molecular weight is 270 g/mol. The van der Waals surface area contributed by atoms with Crippen LogP contribution in [-0.4, -0.2) is 19.7 Å². The van der Waals surface area contributed by atoms with Gasteiger partial charge in [-0.15, -0.1) is 0 Å². The molecule has 4 heteroatoms. The van der Waals surface area contributed by atoms with Gasteiger partial charge in [-0.2, -0.15) is 0 Å². The zero-order valence-corrected chi connectivity index (χ0v) is 11.0. The van der Waals surface area contributed by atoms with E-state index in [0.29, 0.717) is 29.2 Å². The van der Waals surface area contributed by atoms with Crippen LogP contribution >= 0.6 is 11.6 Å². The minimum Gasteiger partial charge on any atom is -0.491 e. The molecule has 98 valence electrons. The summed E-state index contributed by atoms with van der Waals surface area (Å²) in [5.41, 5.74) is 0.922. The molecule has 18 heavy (non-hydrogen) atoms. The van der Waals surface area contributed by atoms with Gasteiger partial charge in [0.2, 0.25) is 0 Å². The van der Waals surface area contributed by atoms with Gasteiger partial charge in [-0.1, -0.05) is 11.6 Å². The van der Waals surface area contributed by atoms with Gasteiger partial charge >= 0.3 is 0 Å². The third-order valence-corrected chi connectivity index (χ3v) is 3.98. The first-order valence-electron chi connectivity index (χ1n) is 6.56.